The van der Waals surface area contributed by atoms with Gasteiger partial charge in [-0.15, -0.1) is 11.3 Å². The number of rotatable bonds is 6. The summed E-state index contributed by atoms with van der Waals surface area (Å²) in [6, 6.07) is 15.9. The fraction of sp³-hybridized carbons (Fsp3) is 0.167. The van der Waals surface area contributed by atoms with Crippen molar-refractivity contribution in [1.29, 1.82) is 0 Å². The van der Waals surface area contributed by atoms with Gasteiger partial charge in [-0.05, 0) is 37.6 Å². The molecule has 1 heterocycles. The van der Waals surface area contributed by atoms with Crippen LogP contribution in [0.3, 0.4) is 0 Å². The lowest BCUT2D eigenvalue weighted by Gasteiger charge is -2.05. The van der Waals surface area contributed by atoms with Crippen molar-refractivity contribution >= 4 is 33.0 Å². The SMILES string of the molecule is Cc1nc(-c2ccc(Cl)cc2)sc1CCNS(=O)(=O)c1ccccc1. The van der Waals surface area contributed by atoms with Crippen molar-refractivity contribution in [2.75, 3.05) is 6.54 Å². The number of nitrogens with zero attached hydrogens (tertiary/aromatic N) is 1. The lowest BCUT2D eigenvalue weighted by Crippen LogP contribution is -2.25. The van der Waals surface area contributed by atoms with E-state index < -0.39 is 10.0 Å². The second-order valence-electron chi connectivity index (χ2n) is 5.50. The van der Waals surface area contributed by atoms with Crippen LogP contribution in [0.5, 0.6) is 0 Å². The third-order valence-electron chi connectivity index (χ3n) is 3.68. The topological polar surface area (TPSA) is 59.1 Å². The average molecular weight is 393 g/mol. The molecule has 0 saturated carbocycles. The maximum absolute atomic E-state index is 12.2. The zero-order valence-electron chi connectivity index (χ0n) is 13.6. The molecule has 0 aliphatic rings. The molecule has 1 N–H and O–H groups in total. The zero-order valence-corrected chi connectivity index (χ0v) is 16.0. The Morgan fingerprint density at radius 1 is 1.08 bits per heavy atom. The van der Waals surface area contributed by atoms with Gasteiger partial charge in [-0.3, -0.25) is 0 Å². The van der Waals surface area contributed by atoms with E-state index in [1.807, 2.05) is 31.2 Å². The Labute approximate surface area is 156 Å². The first-order chi connectivity index (χ1) is 12.0. The number of hydrogen-bond acceptors (Lipinski definition) is 4. The Morgan fingerprint density at radius 2 is 1.76 bits per heavy atom. The number of halogens is 1. The van der Waals surface area contributed by atoms with Crippen LogP contribution in [0.4, 0.5) is 0 Å². The van der Waals surface area contributed by atoms with Gasteiger partial charge in [0.1, 0.15) is 5.01 Å². The quantitative estimate of drug-likeness (QED) is 0.680. The van der Waals surface area contributed by atoms with Crippen LogP contribution >= 0.6 is 22.9 Å². The van der Waals surface area contributed by atoms with Gasteiger partial charge >= 0.3 is 0 Å². The Balaban J connectivity index is 1.67. The molecule has 0 saturated heterocycles. The smallest absolute Gasteiger partial charge is 0.240 e. The number of aromatic nitrogens is 1. The summed E-state index contributed by atoms with van der Waals surface area (Å²) < 4.78 is 27.1. The highest BCUT2D eigenvalue weighted by Gasteiger charge is 2.14. The highest BCUT2D eigenvalue weighted by Crippen LogP contribution is 2.29. The molecule has 2 aromatic carbocycles. The minimum atomic E-state index is -3.47. The van der Waals surface area contributed by atoms with Crippen LogP contribution in [0.2, 0.25) is 5.02 Å². The summed E-state index contributed by atoms with van der Waals surface area (Å²) in [4.78, 5) is 5.93. The number of thiazole rings is 1. The summed E-state index contributed by atoms with van der Waals surface area (Å²) in [6.07, 6.45) is 0.600. The van der Waals surface area contributed by atoms with Crippen molar-refractivity contribution in [3.63, 3.8) is 0 Å². The van der Waals surface area contributed by atoms with E-state index >= 15 is 0 Å². The van der Waals surface area contributed by atoms with Crippen molar-refractivity contribution in [3.8, 4) is 10.6 Å². The molecule has 3 rings (SSSR count). The second kappa shape index (κ2) is 7.66. The van der Waals surface area contributed by atoms with E-state index in [0.29, 0.717) is 18.0 Å². The molecule has 25 heavy (non-hydrogen) atoms. The summed E-state index contributed by atoms with van der Waals surface area (Å²) in [5, 5.41) is 1.60. The summed E-state index contributed by atoms with van der Waals surface area (Å²) in [5.74, 6) is 0. The van der Waals surface area contributed by atoms with Crippen molar-refractivity contribution in [1.82, 2.24) is 9.71 Å². The van der Waals surface area contributed by atoms with E-state index in [1.54, 1.807) is 41.7 Å². The first-order valence-electron chi connectivity index (χ1n) is 7.73. The number of aryl methyl sites for hydroxylation is 1. The standard InChI is InChI=1S/C18H17ClN2O2S2/c1-13-17(24-18(21-13)14-7-9-15(19)10-8-14)11-12-20-25(22,23)16-5-3-2-4-6-16/h2-10,20H,11-12H2,1H3. The first kappa shape index (κ1) is 18.1. The van der Waals surface area contributed by atoms with Crippen LogP contribution in [0.15, 0.2) is 59.5 Å². The van der Waals surface area contributed by atoms with Gasteiger partial charge in [-0.1, -0.05) is 41.9 Å². The fourth-order valence-electron chi connectivity index (χ4n) is 2.36. The Kier molecular flexibility index (Phi) is 5.54. The maximum Gasteiger partial charge on any atom is 0.240 e. The van der Waals surface area contributed by atoms with Gasteiger partial charge in [0.15, 0.2) is 0 Å². The fourth-order valence-corrected chi connectivity index (χ4v) is 4.60. The molecular formula is C18H17ClN2O2S2. The van der Waals surface area contributed by atoms with Gasteiger partial charge in [-0.25, -0.2) is 18.1 Å². The van der Waals surface area contributed by atoms with E-state index in [4.69, 9.17) is 11.6 Å². The number of nitrogens with one attached hydrogen (secondary N) is 1. The van der Waals surface area contributed by atoms with Crippen LogP contribution in [-0.2, 0) is 16.4 Å². The van der Waals surface area contributed by atoms with Gasteiger partial charge in [0.05, 0.1) is 10.6 Å². The lowest BCUT2D eigenvalue weighted by atomic mass is 10.2. The Morgan fingerprint density at radius 3 is 2.44 bits per heavy atom. The van der Waals surface area contributed by atoms with E-state index in [-0.39, 0.29) is 4.90 Å². The minimum absolute atomic E-state index is 0.276. The third kappa shape index (κ3) is 4.46. The molecule has 0 fully saturated rings. The zero-order chi connectivity index (χ0) is 17.9. The first-order valence-corrected chi connectivity index (χ1v) is 10.4. The van der Waals surface area contributed by atoms with E-state index in [2.05, 4.69) is 9.71 Å². The molecule has 0 aliphatic heterocycles. The molecule has 130 valence electrons. The highest BCUT2D eigenvalue weighted by atomic mass is 35.5. The van der Waals surface area contributed by atoms with Gasteiger partial charge < -0.3 is 0 Å². The van der Waals surface area contributed by atoms with Gasteiger partial charge in [0, 0.05) is 22.0 Å². The van der Waals surface area contributed by atoms with Crippen molar-refractivity contribution in [3.05, 3.63) is 70.2 Å². The van der Waals surface area contributed by atoms with Gasteiger partial charge in [0.2, 0.25) is 10.0 Å². The molecule has 4 nitrogen and oxygen atoms in total. The molecule has 0 spiro atoms. The average Bonchev–Trinajstić information content (AvgIpc) is 2.97. The van der Waals surface area contributed by atoms with Gasteiger partial charge in [-0.2, -0.15) is 0 Å². The molecule has 7 heteroatoms. The van der Waals surface area contributed by atoms with Crippen LogP contribution in [0.1, 0.15) is 10.6 Å². The molecule has 0 radical (unpaired) electrons. The summed E-state index contributed by atoms with van der Waals surface area (Å²) >= 11 is 7.49. The number of benzene rings is 2. The molecule has 0 unspecified atom stereocenters. The summed E-state index contributed by atoms with van der Waals surface area (Å²) in [7, 11) is -3.47. The third-order valence-corrected chi connectivity index (χ3v) is 6.68. The number of sulfonamides is 1. The predicted molar refractivity (Wildman–Crippen MR) is 103 cm³/mol. The van der Waals surface area contributed by atoms with Gasteiger partial charge in [0.25, 0.3) is 0 Å². The molecule has 1 aromatic heterocycles. The van der Waals surface area contributed by atoms with E-state index in [9.17, 15) is 8.42 Å². The van der Waals surface area contributed by atoms with Crippen LogP contribution in [0.25, 0.3) is 10.6 Å². The molecule has 0 bridgehead atoms. The predicted octanol–water partition coefficient (Wildman–Crippen LogP) is 4.29. The summed E-state index contributed by atoms with van der Waals surface area (Å²) in [5.41, 5.74) is 1.93. The lowest BCUT2D eigenvalue weighted by molar-refractivity contribution is 0.582. The Hall–Kier alpha value is -1.73. The normalized spacial score (nSPS) is 11.6. The van der Waals surface area contributed by atoms with E-state index in [1.165, 1.54) is 0 Å². The highest BCUT2D eigenvalue weighted by molar-refractivity contribution is 7.89. The Bertz CT molecular complexity index is 953. The molecule has 0 aliphatic carbocycles. The molecule has 0 amide bonds. The van der Waals surface area contributed by atoms with E-state index in [0.717, 1.165) is 21.1 Å². The molecule has 3 aromatic rings. The molecule has 0 atom stereocenters. The molecular weight excluding hydrogens is 376 g/mol. The van der Waals surface area contributed by atoms with Crippen LogP contribution in [-0.4, -0.2) is 19.9 Å². The van der Waals surface area contributed by atoms with Crippen molar-refractivity contribution in [2.45, 2.75) is 18.2 Å². The monoisotopic (exact) mass is 392 g/mol. The van der Waals surface area contributed by atoms with Crippen LogP contribution in [0, 0.1) is 6.92 Å². The van der Waals surface area contributed by atoms with Crippen LogP contribution < -0.4 is 4.72 Å². The number of hydrogen-bond donors (Lipinski definition) is 1. The summed E-state index contributed by atoms with van der Waals surface area (Å²) in [6.45, 7) is 2.28. The van der Waals surface area contributed by atoms with Crippen molar-refractivity contribution in [2.24, 2.45) is 0 Å². The second-order valence-corrected chi connectivity index (χ2v) is 8.78. The largest absolute Gasteiger partial charge is 0.241 e. The van der Waals surface area contributed by atoms with Crippen molar-refractivity contribution < 1.29 is 8.42 Å². The minimum Gasteiger partial charge on any atom is -0.241 e. The maximum atomic E-state index is 12.2.